The minimum atomic E-state index is -4.10. The topological polar surface area (TPSA) is 137 Å². The number of benzene rings is 1. The number of hydrogen-bond acceptors (Lipinski definition) is 9. The van der Waals surface area contributed by atoms with E-state index in [-0.39, 0.29) is 18.3 Å². The van der Waals surface area contributed by atoms with Gasteiger partial charge in [0.15, 0.2) is 12.4 Å². The zero-order valence-electron chi connectivity index (χ0n) is 13.6. The lowest BCUT2D eigenvalue weighted by Gasteiger charge is -2.02. The smallest absolute Gasteiger partial charge is 0.336 e. The Hall–Kier alpha value is -3.21. The maximum atomic E-state index is 12.2. The molecule has 0 aliphatic heterocycles. The number of hydrogen-bond donors (Lipinski definition) is 1. The van der Waals surface area contributed by atoms with Gasteiger partial charge in [-0.1, -0.05) is 28.5 Å². The molecule has 1 N–H and O–H groups in total. The van der Waals surface area contributed by atoms with Crippen molar-refractivity contribution in [2.45, 2.75) is 18.8 Å². The van der Waals surface area contributed by atoms with Crippen molar-refractivity contribution in [2.75, 3.05) is 11.1 Å². The molecule has 3 rings (SSSR count). The number of ether oxygens (including phenoxy) is 1. The molecule has 0 aliphatic carbocycles. The van der Waals surface area contributed by atoms with Crippen molar-refractivity contribution in [3.05, 3.63) is 48.0 Å². The minimum Gasteiger partial charge on any atom is -0.484 e. The molecule has 1 amide bonds. The van der Waals surface area contributed by atoms with Gasteiger partial charge in [0, 0.05) is 6.07 Å². The van der Waals surface area contributed by atoms with Crippen LogP contribution in [0.3, 0.4) is 0 Å². The van der Waals surface area contributed by atoms with E-state index in [1.54, 1.807) is 31.2 Å². The molecule has 0 atom stereocenters. The van der Waals surface area contributed by atoms with Gasteiger partial charge in [-0.05, 0) is 19.1 Å². The molecule has 0 saturated heterocycles. The standard InChI is InChI=1S/C15H14N4O6S/c1-10-7-12(19-25-10)16-13(20)9-26(21,22)15-18-17-14(24-15)8-23-11-5-3-2-4-6-11/h2-7H,8-9H2,1H3,(H,16,19,20). The van der Waals surface area contributed by atoms with Crippen molar-refractivity contribution in [3.63, 3.8) is 0 Å². The number of aryl methyl sites for hydroxylation is 1. The number of amides is 1. The summed E-state index contributed by atoms with van der Waals surface area (Å²) in [6.07, 6.45) is 0. The molecule has 1 aromatic carbocycles. The molecule has 0 bridgehead atoms. The molecule has 10 nitrogen and oxygen atoms in total. The monoisotopic (exact) mass is 378 g/mol. The highest BCUT2D eigenvalue weighted by Gasteiger charge is 2.26. The first-order valence-electron chi connectivity index (χ1n) is 7.38. The summed E-state index contributed by atoms with van der Waals surface area (Å²) in [6, 6.07) is 10.3. The molecule has 0 saturated carbocycles. The van der Waals surface area contributed by atoms with Crippen LogP contribution >= 0.6 is 0 Å². The average molecular weight is 378 g/mol. The van der Waals surface area contributed by atoms with E-state index in [4.69, 9.17) is 13.7 Å². The maximum Gasteiger partial charge on any atom is 0.336 e. The lowest BCUT2D eigenvalue weighted by molar-refractivity contribution is -0.113. The number of rotatable bonds is 7. The fourth-order valence-corrected chi connectivity index (χ4v) is 2.85. The number of carbonyl (C=O) groups excluding carboxylic acids is 1. The van der Waals surface area contributed by atoms with E-state index in [9.17, 15) is 13.2 Å². The number of anilines is 1. The molecule has 2 aromatic heterocycles. The Kier molecular flexibility index (Phi) is 4.98. The van der Waals surface area contributed by atoms with Crippen LogP contribution in [0.1, 0.15) is 11.7 Å². The zero-order valence-corrected chi connectivity index (χ0v) is 14.4. The predicted molar refractivity (Wildman–Crippen MR) is 87.0 cm³/mol. The Morgan fingerprint density at radius 1 is 1.23 bits per heavy atom. The van der Waals surface area contributed by atoms with E-state index in [0.29, 0.717) is 11.5 Å². The number of nitrogens with one attached hydrogen (secondary N) is 1. The summed E-state index contributed by atoms with van der Waals surface area (Å²) in [4.78, 5) is 11.8. The molecule has 0 radical (unpaired) electrons. The molecule has 0 aliphatic rings. The van der Waals surface area contributed by atoms with Crippen molar-refractivity contribution in [1.82, 2.24) is 15.4 Å². The summed E-state index contributed by atoms with van der Waals surface area (Å²) in [5.41, 5.74) is 0. The molecular formula is C15H14N4O6S. The van der Waals surface area contributed by atoms with Gasteiger partial charge in [-0.3, -0.25) is 4.79 Å². The Morgan fingerprint density at radius 3 is 2.69 bits per heavy atom. The summed E-state index contributed by atoms with van der Waals surface area (Å²) in [5.74, 6) is -0.552. The van der Waals surface area contributed by atoms with Crippen LogP contribution in [0.2, 0.25) is 0 Å². The number of nitrogens with zero attached hydrogens (tertiary/aromatic N) is 3. The number of sulfone groups is 1. The summed E-state index contributed by atoms with van der Waals surface area (Å²) in [5, 5.41) is 12.3. The molecule has 0 spiro atoms. The van der Waals surface area contributed by atoms with Crippen LogP contribution in [0, 0.1) is 6.92 Å². The van der Waals surface area contributed by atoms with Gasteiger partial charge in [0.25, 0.3) is 5.89 Å². The van der Waals surface area contributed by atoms with Crippen molar-refractivity contribution in [1.29, 1.82) is 0 Å². The predicted octanol–water partition coefficient (Wildman–Crippen LogP) is 1.36. The van der Waals surface area contributed by atoms with Crippen LogP contribution in [0.4, 0.5) is 5.82 Å². The first-order valence-corrected chi connectivity index (χ1v) is 9.04. The second-order valence-corrected chi connectivity index (χ2v) is 7.06. The molecule has 136 valence electrons. The van der Waals surface area contributed by atoms with Crippen LogP contribution in [-0.4, -0.2) is 35.4 Å². The van der Waals surface area contributed by atoms with Crippen LogP contribution < -0.4 is 10.1 Å². The first kappa shape index (κ1) is 17.6. The highest BCUT2D eigenvalue weighted by molar-refractivity contribution is 7.91. The first-order chi connectivity index (χ1) is 12.4. The number of aromatic nitrogens is 3. The summed E-state index contributed by atoms with van der Waals surface area (Å²) >= 11 is 0. The van der Waals surface area contributed by atoms with Crippen molar-refractivity contribution < 1.29 is 26.9 Å². The zero-order chi connectivity index (χ0) is 18.6. The highest BCUT2D eigenvalue weighted by Crippen LogP contribution is 2.14. The third-order valence-electron chi connectivity index (χ3n) is 3.04. The molecule has 2 heterocycles. The average Bonchev–Trinajstić information content (AvgIpc) is 3.23. The van der Waals surface area contributed by atoms with Gasteiger partial charge >= 0.3 is 5.22 Å². The van der Waals surface area contributed by atoms with Crippen LogP contribution in [0.5, 0.6) is 5.75 Å². The lowest BCUT2D eigenvalue weighted by Crippen LogP contribution is -2.23. The molecular weight excluding hydrogens is 364 g/mol. The fraction of sp³-hybridized carbons (Fsp3) is 0.200. The van der Waals surface area contributed by atoms with E-state index >= 15 is 0 Å². The van der Waals surface area contributed by atoms with Crippen LogP contribution in [-0.2, 0) is 21.2 Å². The molecule has 26 heavy (non-hydrogen) atoms. The van der Waals surface area contributed by atoms with Gasteiger partial charge < -0.3 is 19.0 Å². The molecule has 11 heteroatoms. The maximum absolute atomic E-state index is 12.2. The van der Waals surface area contributed by atoms with Crippen molar-refractivity contribution >= 4 is 21.6 Å². The quantitative estimate of drug-likeness (QED) is 0.645. The largest absolute Gasteiger partial charge is 0.484 e. The van der Waals surface area contributed by atoms with E-state index < -0.39 is 26.7 Å². The normalized spacial score (nSPS) is 11.3. The van der Waals surface area contributed by atoms with Crippen LogP contribution in [0.25, 0.3) is 0 Å². The minimum absolute atomic E-state index is 0.0278. The van der Waals surface area contributed by atoms with E-state index in [1.807, 2.05) is 6.07 Å². The molecule has 0 fully saturated rings. The number of para-hydroxylation sites is 1. The van der Waals surface area contributed by atoms with Gasteiger partial charge in [0.2, 0.25) is 15.7 Å². The third kappa shape index (κ3) is 4.45. The van der Waals surface area contributed by atoms with E-state index in [1.165, 1.54) is 6.07 Å². The SMILES string of the molecule is Cc1cc(NC(=O)CS(=O)(=O)c2nnc(COc3ccccc3)o2)no1. The Labute approximate surface area is 148 Å². The summed E-state index contributed by atoms with van der Waals surface area (Å²) in [6.45, 7) is 1.54. The van der Waals surface area contributed by atoms with Gasteiger partial charge in [0.05, 0.1) is 0 Å². The van der Waals surface area contributed by atoms with Crippen molar-refractivity contribution in [3.8, 4) is 5.75 Å². The van der Waals surface area contributed by atoms with E-state index in [0.717, 1.165) is 0 Å². The van der Waals surface area contributed by atoms with Gasteiger partial charge in [0.1, 0.15) is 17.3 Å². The summed E-state index contributed by atoms with van der Waals surface area (Å²) in [7, 11) is -4.10. The van der Waals surface area contributed by atoms with E-state index in [2.05, 4.69) is 20.7 Å². The summed E-state index contributed by atoms with van der Waals surface area (Å²) < 4.78 is 39.6. The van der Waals surface area contributed by atoms with Crippen molar-refractivity contribution in [2.24, 2.45) is 0 Å². The fourth-order valence-electron chi connectivity index (χ4n) is 1.92. The second kappa shape index (κ2) is 7.35. The molecule has 3 aromatic rings. The van der Waals surface area contributed by atoms with Gasteiger partial charge in [-0.25, -0.2) is 8.42 Å². The molecule has 0 unspecified atom stereocenters. The second-order valence-electron chi connectivity index (χ2n) is 5.19. The van der Waals surface area contributed by atoms with Crippen LogP contribution in [0.15, 0.2) is 50.6 Å². The number of carbonyl (C=O) groups is 1. The lowest BCUT2D eigenvalue weighted by atomic mass is 10.3. The highest BCUT2D eigenvalue weighted by atomic mass is 32.2. The Morgan fingerprint density at radius 2 is 2.00 bits per heavy atom. The van der Waals surface area contributed by atoms with Gasteiger partial charge in [-0.2, -0.15) is 0 Å². The van der Waals surface area contributed by atoms with Gasteiger partial charge in [-0.15, -0.1) is 5.10 Å². The third-order valence-corrected chi connectivity index (χ3v) is 4.38. The Balaban J connectivity index is 1.60. The Bertz CT molecular complexity index is 996.